The molecule has 1 fully saturated rings. The second-order valence-electron chi connectivity index (χ2n) is 8.71. The molecule has 3 heterocycles. The Bertz CT molecular complexity index is 894. The van der Waals surface area contributed by atoms with Gasteiger partial charge in [0, 0.05) is 44.7 Å². The predicted molar refractivity (Wildman–Crippen MR) is 115 cm³/mol. The molecule has 4 rings (SSSR count). The molecule has 2 aromatic rings. The van der Waals surface area contributed by atoms with Gasteiger partial charge in [-0.3, -0.25) is 9.69 Å². The summed E-state index contributed by atoms with van der Waals surface area (Å²) < 4.78 is 11.8. The second kappa shape index (κ2) is 8.78. The second-order valence-corrected chi connectivity index (χ2v) is 8.71. The van der Waals surface area contributed by atoms with Gasteiger partial charge in [0.2, 0.25) is 5.76 Å². The maximum atomic E-state index is 13.2. The highest BCUT2D eigenvalue weighted by atomic mass is 16.5. The van der Waals surface area contributed by atoms with Crippen LogP contribution in [0.2, 0.25) is 0 Å². The number of carbonyl (C=O) groups is 1. The average molecular weight is 413 g/mol. The molecule has 1 aromatic carbocycles. The molecule has 7 nitrogen and oxygen atoms in total. The maximum Gasteiger partial charge on any atom is 0.291 e. The SMILES string of the molecule is Cc1nc(C)c(C(=O)N2CCC[C@H]2CN2Cc3ccccc3OC[C@@H]2CN(C)C)o1. The third-order valence-electron chi connectivity index (χ3n) is 6.05. The van der Waals surface area contributed by atoms with Gasteiger partial charge >= 0.3 is 0 Å². The van der Waals surface area contributed by atoms with E-state index in [1.54, 1.807) is 6.92 Å². The Morgan fingerprint density at radius 1 is 1.23 bits per heavy atom. The molecule has 0 bridgehead atoms. The molecule has 2 aliphatic rings. The van der Waals surface area contributed by atoms with Crippen LogP contribution in [0, 0.1) is 13.8 Å². The summed E-state index contributed by atoms with van der Waals surface area (Å²) in [5, 5.41) is 0. The lowest BCUT2D eigenvalue weighted by Crippen LogP contribution is -2.50. The van der Waals surface area contributed by atoms with E-state index < -0.39 is 0 Å². The maximum absolute atomic E-state index is 13.2. The number of amides is 1. The first-order chi connectivity index (χ1) is 14.4. The fourth-order valence-corrected chi connectivity index (χ4v) is 4.64. The van der Waals surface area contributed by atoms with Crippen molar-refractivity contribution in [1.29, 1.82) is 0 Å². The number of oxazole rings is 1. The molecule has 0 N–H and O–H groups in total. The molecule has 1 amide bonds. The van der Waals surface area contributed by atoms with Crippen LogP contribution in [0.3, 0.4) is 0 Å². The van der Waals surface area contributed by atoms with Crippen molar-refractivity contribution >= 4 is 5.91 Å². The van der Waals surface area contributed by atoms with Gasteiger partial charge in [-0.1, -0.05) is 18.2 Å². The number of rotatable bonds is 5. The molecule has 2 aliphatic heterocycles. The van der Waals surface area contributed by atoms with Crippen molar-refractivity contribution in [3.63, 3.8) is 0 Å². The summed E-state index contributed by atoms with van der Waals surface area (Å²) in [7, 11) is 4.19. The third kappa shape index (κ3) is 4.37. The fraction of sp³-hybridized carbons (Fsp3) is 0.565. The normalized spacial score (nSPS) is 22.1. The number of fused-ring (bicyclic) bond motifs is 1. The molecule has 0 radical (unpaired) electrons. The number of aromatic nitrogens is 1. The van der Waals surface area contributed by atoms with E-state index in [9.17, 15) is 4.79 Å². The zero-order valence-electron chi connectivity index (χ0n) is 18.4. The lowest BCUT2D eigenvalue weighted by atomic mass is 10.1. The summed E-state index contributed by atoms with van der Waals surface area (Å²) in [5.74, 6) is 1.86. The van der Waals surface area contributed by atoms with Crippen LogP contribution in [-0.4, -0.2) is 78.0 Å². The summed E-state index contributed by atoms with van der Waals surface area (Å²) >= 11 is 0. The van der Waals surface area contributed by atoms with Crippen molar-refractivity contribution in [3.8, 4) is 5.75 Å². The number of ether oxygens (including phenoxy) is 1. The van der Waals surface area contributed by atoms with Gasteiger partial charge in [-0.15, -0.1) is 0 Å². The van der Waals surface area contributed by atoms with Crippen LogP contribution in [0.5, 0.6) is 5.75 Å². The Kier molecular flexibility index (Phi) is 6.11. The fourth-order valence-electron chi connectivity index (χ4n) is 4.64. The van der Waals surface area contributed by atoms with E-state index in [1.165, 1.54) is 5.56 Å². The van der Waals surface area contributed by atoms with E-state index >= 15 is 0 Å². The highest BCUT2D eigenvalue weighted by Crippen LogP contribution is 2.28. The number of aryl methyl sites for hydroxylation is 2. The van der Waals surface area contributed by atoms with Crippen molar-refractivity contribution < 1.29 is 13.9 Å². The van der Waals surface area contributed by atoms with Crippen LogP contribution >= 0.6 is 0 Å². The van der Waals surface area contributed by atoms with Crippen molar-refractivity contribution in [1.82, 2.24) is 19.7 Å². The first-order valence-electron chi connectivity index (χ1n) is 10.8. The molecule has 7 heteroatoms. The van der Waals surface area contributed by atoms with Gasteiger partial charge in [0.25, 0.3) is 5.91 Å². The van der Waals surface area contributed by atoms with Crippen molar-refractivity contribution in [2.45, 2.75) is 45.3 Å². The molecule has 0 spiro atoms. The van der Waals surface area contributed by atoms with Gasteiger partial charge < -0.3 is 19.0 Å². The van der Waals surface area contributed by atoms with Gasteiger partial charge in [0.15, 0.2) is 5.89 Å². The number of carbonyl (C=O) groups excluding carboxylic acids is 1. The molecule has 1 saturated heterocycles. The topological polar surface area (TPSA) is 62.1 Å². The number of likely N-dealkylation sites (tertiary alicyclic amines) is 1. The van der Waals surface area contributed by atoms with Crippen molar-refractivity contribution in [3.05, 3.63) is 47.2 Å². The van der Waals surface area contributed by atoms with Crippen molar-refractivity contribution in [2.75, 3.05) is 40.3 Å². The van der Waals surface area contributed by atoms with Crippen LogP contribution in [0.4, 0.5) is 0 Å². The van der Waals surface area contributed by atoms with Gasteiger partial charge in [-0.25, -0.2) is 4.98 Å². The smallest absolute Gasteiger partial charge is 0.291 e. The van der Waals surface area contributed by atoms with Gasteiger partial charge in [0.05, 0.1) is 11.7 Å². The van der Waals surface area contributed by atoms with E-state index in [-0.39, 0.29) is 18.0 Å². The Hall–Kier alpha value is -2.38. The van der Waals surface area contributed by atoms with E-state index in [0.29, 0.717) is 24.0 Å². The molecule has 30 heavy (non-hydrogen) atoms. The third-order valence-corrected chi connectivity index (χ3v) is 6.05. The van der Waals surface area contributed by atoms with Crippen LogP contribution in [0.15, 0.2) is 28.7 Å². The molecule has 1 aromatic heterocycles. The molecular formula is C23H32N4O3. The first kappa shape index (κ1) is 20.9. The summed E-state index contributed by atoms with van der Waals surface area (Å²) in [6.45, 7) is 7.60. The largest absolute Gasteiger partial charge is 0.492 e. The van der Waals surface area contributed by atoms with Crippen LogP contribution in [-0.2, 0) is 6.54 Å². The minimum atomic E-state index is -0.0359. The summed E-state index contributed by atoms with van der Waals surface area (Å²) in [6.07, 6.45) is 2.02. The first-order valence-corrected chi connectivity index (χ1v) is 10.8. The molecule has 0 saturated carbocycles. The zero-order valence-corrected chi connectivity index (χ0v) is 18.4. The number of nitrogens with zero attached hydrogens (tertiary/aromatic N) is 4. The van der Waals surface area contributed by atoms with E-state index in [1.807, 2.05) is 24.0 Å². The Morgan fingerprint density at radius 3 is 2.77 bits per heavy atom. The summed E-state index contributed by atoms with van der Waals surface area (Å²) in [4.78, 5) is 24.2. The number of para-hydroxylation sites is 1. The Morgan fingerprint density at radius 2 is 2.03 bits per heavy atom. The van der Waals surface area contributed by atoms with Gasteiger partial charge in [0.1, 0.15) is 12.4 Å². The Balaban J connectivity index is 1.54. The Labute approximate surface area is 178 Å². The van der Waals surface area contributed by atoms with E-state index in [2.05, 4.69) is 41.0 Å². The van der Waals surface area contributed by atoms with Crippen LogP contribution < -0.4 is 4.74 Å². The standard InChI is InChI=1S/C23H32N4O3/c1-16-22(30-17(2)24-16)23(28)27-11-7-9-19(27)14-26-12-18-8-5-6-10-21(18)29-15-20(26)13-25(3)4/h5-6,8,10,19-20H,7,9,11-15H2,1-4H3/t19-,20-/m0/s1. The number of likely N-dealkylation sites (N-methyl/N-ethyl adjacent to an activating group) is 1. The van der Waals surface area contributed by atoms with Gasteiger partial charge in [-0.05, 0) is 39.9 Å². The quantitative estimate of drug-likeness (QED) is 0.753. The number of hydrogen-bond acceptors (Lipinski definition) is 6. The predicted octanol–water partition coefficient (Wildman–Crippen LogP) is 2.72. The minimum Gasteiger partial charge on any atom is -0.492 e. The van der Waals surface area contributed by atoms with Crippen LogP contribution in [0.1, 0.15) is 40.5 Å². The molecule has 2 atom stereocenters. The van der Waals surface area contributed by atoms with E-state index in [4.69, 9.17) is 9.15 Å². The number of benzene rings is 1. The average Bonchev–Trinajstić information content (AvgIpc) is 3.25. The van der Waals surface area contributed by atoms with Crippen molar-refractivity contribution in [2.24, 2.45) is 0 Å². The summed E-state index contributed by atoms with van der Waals surface area (Å²) in [6, 6.07) is 8.70. The lowest BCUT2D eigenvalue weighted by Gasteiger charge is -2.35. The lowest BCUT2D eigenvalue weighted by molar-refractivity contribution is 0.0589. The zero-order chi connectivity index (χ0) is 21.3. The highest BCUT2D eigenvalue weighted by Gasteiger charge is 2.35. The molecule has 162 valence electrons. The monoisotopic (exact) mass is 412 g/mol. The van der Waals surface area contributed by atoms with Gasteiger partial charge in [-0.2, -0.15) is 0 Å². The summed E-state index contributed by atoms with van der Waals surface area (Å²) in [5.41, 5.74) is 1.88. The number of hydrogen-bond donors (Lipinski definition) is 0. The molecule has 0 unspecified atom stereocenters. The van der Waals surface area contributed by atoms with E-state index in [0.717, 1.165) is 44.8 Å². The minimum absolute atomic E-state index is 0.0359. The molecular weight excluding hydrogens is 380 g/mol. The van der Waals surface area contributed by atoms with Crippen LogP contribution in [0.25, 0.3) is 0 Å². The molecule has 0 aliphatic carbocycles. The highest BCUT2D eigenvalue weighted by molar-refractivity contribution is 5.92.